The smallest absolute Gasteiger partial charge is 0.293 e. The van der Waals surface area contributed by atoms with Gasteiger partial charge in [-0.05, 0) is 5.56 Å². The summed E-state index contributed by atoms with van der Waals surface area (Å²) in [6.45, 7) is 0. The third-order valence-corrected chi connectivity index (χ3v) is 3.22. The van der Waals surface area contributed by atoms with E-state index in [2.05, 4.69) is 4.98 Å². The summed E-state index contributed by atoms with van der Waals surface area (Å²) in [6.07, 6.45) is 0.687. The number of carbonyl (C=O) groups excluding carboxylic acids is 1. The summed E-state index contributed by atoms with van der Waals surface area (Å²) in [7, 11) is 0. The Morgan fingerprint density at radius 1 is 1.05 bits per heavy atom. The van der Waals surface area contributed by atoms with Crippen LogP contribution in [0.4, 0.5) is 5.69 Å². The van der Waals surface area contributed by atoms with Crippen LogP contribution in [0.25, 0.3) is 22.0 Å². The molecule has 0 amide bonds. The molecule has 0 saturated heterocycles. The number of H-pyrrole nitrogens is 1. The van der Waals surface area contributed by atoms with Gasteiger partial charge in [0, 0.05) is 17.0 Å². The first-order valence-corrected chi connectivity index (χ1v) is 6.02. The van der Waals surface area contributed by atoms with E-state index in [1.807, 2.05) is 30.3 Å². The summed E-state index contributed by atoms with van der Waals surface area (Å²) in [4.78, 5) is 24.7. The summed E-state index contributed by atoms with van der Waals surface area (Å²) in [5, 5.41) is 11.7. The number of non-ortho nitro benzene ring substituents is 1. The highest BCUT2D eigenvalue weighted by Gasteiger charge is 2.19. The lowest BCUT2D eigenvalue weighted by atomic mass is 10.0. The van der Waals surface area contributed by atoms with Gasteiger partial charge in [0.05, 0.1) is 10.6 Å². The molecular weight excluding hydrogens is 256 g/mol. The molecule has 5 nitrogen and oxygen atoms in total. The van der Waals surface area contributed by atoms with E-state index in [1.165, 1.54) is 6.07 Å². The Labute approximate surface area is 114 Å². The highest BCUT2D eigenvalue weighted by Crippen LogP contribution is 2.35. The van der Waals surface area contributed by atoms with Gasteiger partial charge >= 0.3 is 0 Å². The topological polar surface area (TPSA) is 76.0 Å². The fourth-order valence-electron chi connectivity index (χ4n) is 2.38. The van der Waals surface area contributed by atoms with Crippen molar-refractivity contribution in [2.45, 2.75) is 0 Å². The van der Waals surface area contributed by atoms with Crippen molar-refractivity contribution in [1.82, 2.24) is 4.98 Å². The minimum absolute atomic E-state index is 0.0345. The van der Waals surface area contributed by atoms with E-state index >= 15 is 0 Å². The molecule has 20 heavy (non-hydrogen) atoms. The number of nitrogens with zero attached hydrogens (tertiary/aromatic N) is 1. The lowest BCUT2D eigenvalue weighted by Gasteiger charge is -2.00. The average molecular weight is 266 g/mol. The summed E-state index contributed by atoms with van der Waals surface area (Å²) < 4.78 is 0. The SMILES string of the molecule is O=Cc1[nH]c2c([N+](=O)[O-])cccc2c1-c1ccccc1. The van der Waals surface area contributed by atoms with E-state index in [0.29, 0.717) is 28.4 Å². The normalized spacial score (nSPS) is 10.6. The highest BCUT2D eigenvalue weighted by atomic mass is 16.6. The molecule has 98 valence electrons. The molecule has 0 aliphatic heterocycles. The molecule has 0 aliphatic carbocycles. The summed E-state index contributed by atoms with van der Waals surface area (Å²) >= 11 is 0. The van der Waals surface area contributed by atoms with Crippen molar-refractivity contribution in [3.8, 4) is 11.1 Å². The minimum Gasteiger partial charge on any atom is -0.346 e. The predicted octanol–water partition coefficient (Wildman–Crippen LogP) is 3.56. The van der Waals surface area contributed by atoms with Crippen molar-refractivity contribution in [1.29, 1.82) is 0 Å². The number of fused-ring (bicyclic) bond motifs is 1. The van der Waals surface area contributed by atoms with Crippen molar-refractivity contribution < 1.29 is 9.72 Å². The number of aromatic amines is 1. The number of rotatable bonds is 3. The first kappa shape index (κ1) is 12.1. The first-order valence-electron chi connectivity index (χ1n) is 6.02. The van der Waals surface area contributed by atoms with Crippen LogP contribution in [0.5, 0.6) is 0 Å². The van der Waals surface area contributed by atoms with Gasteiger partial charge in [-0.3, -0.25) is 14.9 Å². The van der Waals surface area contributed by atoms with Crippen LogP contribution >= 0.6 is 0 Å². The van der Waals surface area contributed by atoms with Gasteiger partial charge in [-0.15, -0.1) is 0 Å². The number of para-hydroxylation sites is 1. The van der Waals surface area contributed by atoms with E-state index in [-0.39, 0.29) is 5.69 Å². The minimum atomic E-state index is -0.456. The van der Waals surface area contributed by atoms with Crippen LogP contribution in [-0.2, 0) is 0 Å². The highest BCUT2D eigenvalue weighted by molar-refractivity contribution is 6.06. The Hall–Kier alpha value is -2.95. The molecule has 5 heteroatoms. The van der Waals surface area contributed by atoms with Crippen molar-refractivity contribution in [3.05, 3.63) is 64.3 Å². The average Bonchev–Trinajstić information content (AvgIpc) is 2.86. The van der Waals surface area contributed by atoms with Crippen LogP contribution < -0.4 is 0 Å². The Balaban J connectivity index is 2.40. The molecule has 0 atom stereocenters. The summed E-state index contributed by atoms with van der Waals surface area (Å²) in [5.41, 5.74) is 2.23. The van der Waals surface area contributed by atoms with E-state index in [9.17, 15) is 14.9 Å². The summed E-state index contributed by atoms with van der Waals surface area (Å²) in [5.74, 6) is 0. The molecule has 1 N–H and O–H groups in total. The van der Waals surface area contributed by atoms with Crippen molar-refractivity contribution in [3.63, 3.8) is 0 Å². The molecule has 0 saturated carbocycles. The maximum absolute atomic E-state index is 11.3. The molecule has 1 aromatic heterocycles. The summed E-state index contributed by atoms with van der Waals surface area (Å²) in [6, 6.07) is 14.1. The number of aldehydes is 1. The van der Waals surface area contributed by atoms with Crippen LogP contribution in [0.15, 0.2) is 48.5 Å². The molecule has 0 fully saturated rings. The Morgan fingerprint density at radius 3 is 2.45 bits per heavy atom. The fraction of sp³-hybridized carbons (Fsp3) is 0. The molecule has 0 spiro atoms. The zero-order valence-electron chi connectivity index (χ0n) is 10.4. The van der Waals surface area contributed by atoms with Gasteiger partial charge in [-0.1, -0.05) is 42.5 Å². The Morgan fingerprint density at radius 2 is 1.80 bits per heavy atom. The quantitative estimate of drug-likeness (QED) is 0.447. The van der Waals surface area contributed by atoms with Gasteiger partial charge < -0.3 is 4.98 Å². The second-order valence-corrected chi connectivity index (χ2v) is 4.35. The number of hydrogen-bond acceptors (Lipinski definition) is 3. The predicted molar refractivity (Wildman–Crippen MR) is 75.8 cm³/mol. The first-order chi connectivity index (χ1) is 9.72. The molecule has 3 aromatic rings. The number of nitro benzene ring substituents is 1. The maximum Gasteiger partial charge on any atom is 0.293 e. The Kier molecular flexibility index (Phi) is 2.80. The molecule has 0 radical (unpaired) electrons. The third kappa shape index (κ3) is 1.76. The lowest BCUT2D eigenvalue weighted by molar-refractivity contribution is -0.383. The van der Waals surface area contributed by atoms with Gasteiger partial charge in [0.1, 0.15) is 5.52 Å². The molecule has 3 rings (SSSR count). The fourth-order valence-corrected chi connectivity index (χ4v) is 2.38. The van der Waals surface area contributed by atoms with Crippen LogP contribution in [0, 0.1) is 10.1 Å². The van der Waals surface area contributed by atoms with E-state index < -0.39 is 4.92 Å². The number of nitro groups is 1. The molecule has 0 bridgehead atoms. The number of benzene rings is 2. The van der Waals surface area contributed by atoms with Gasteiger partial charge in [-0.25, -0.2) is 0 Å². The molecule has 0 unspecified atom stereocenters. The third-order valence-electron chi connectivity index (χ3n) is 3.22. The van der Waals surface area contributed by atoms with E-state index in [4.69, 9.17) is 0 Å². The number of carbonyl (C=O) groups is 1. The van der Waals surface area contributed by atoms with E-state index in [0.717, 1.165) is 5.56 Å². The number of nitrogens with one attached hydrogen (secondary N) is 1. The number of aromatic nitrogens is 1. The second-order valence-electron chi connectivity index (χ2n) is 4.35. The zero-order chi connectivity index (χ0) is 14.1. The molecule has 1 heterocycles. The zero-order valence-corrected chi connectivity index (χ0v) is 10.4. The monoisotopic (exact) mass is 266 g/mol. The maximum atomic E-state index is 11.3. The second kappa shape index (κ2) is 4.62. The number of hydrogen-bond donors (Lipinski definition) is 1. The Bertz CT molecular complexity index is 807. The lowest BCUT2D eigenvalue weighted by Crippen LogP contribution is -1.88. The standard InChI is InChI=1S/C15H10N2O3/c18-9-12-14(10-5-2-1-3-6-10)11-7-4-8-13(17(19)20)15(11)16-12/h1-9,16H. The van der Waals surface area contributed by atoms with Gasteiger partial charge in [0.2, 0.25) is 0 Å². The van der Waals surface area contributed by atoms with Gasteiger partial charge in [0.25, 0.3) is 5.69 Å². The van der Waals surface area contributed by atoms with Gasteiger partial charge in [0.15, 0.2) is 6.29 Å². The van der Waals surface area contributed by atoms with E-state index in [1.54, 1.807) is 12.1 Å². The van der Waals surface area contributed by atoms with Crippen molar-refractivity contribution in [2.75, 3.05) is 0 Å². The largest absolute Gasteiger partial charge is 0.346 e. The molecular formula is C15H10N2O3. The van der Waals surface area contributed by atoms with Crippen molar-refractivity contribution in [2.24, 2.45) is 0 Å². The van der Waals surface area contributed by atoms with Gasteiger partial charge in [-0.2, -0.15) is 0 Å². The van der Waals surface area contributed by atoms with Crippen LogP contribution in [0.1, 0.15) is 10.5 Å². The molecule has 0 aliphatic rings. The van der Waals surface area contributed by atoms with Crippen molar-refractivity contribution >= 4 is 22.9 Å². The molecule has 2 aromatic carbocycles. The van der Waals surface area contributed by atoms with Crippen LogP contribution in [0.2, 0.25) is 0 Å². The van der Waals surface area contributed by atoms with Crippen LogP contribution in [0.3, 0.4) is 0 Å². The van der Waals surface area contributed by atoms with Crippen LogP contribution in [-0.4, -0.2) is 16.2 Å².